The molecule has 0 radical (unpaired) electrons. The maximum absolute atomic E-state index is 14.3. The van der Waals surface area contributed by atoms with Gasteiger partial charge in [0, 0.05) is 31.2 Å². The predicted octanol–water partition coefficient (Wildman–Crippen LogP) is 0.114. The monoisotopic (exact) mass is 975 g/mol. The first kappa shape index (κ1) is 55.7. The molecule has 0 aliphatic carbocycles. The number of carbonyl (C=O) groups excluding carboxylic acids is 7. The predicted molar refractivity (Wildman–Crippen MR) is 257 cm³/mol. The summed E-state index contributed by atoms with van der Waals surface area (Å²) in [4.78, 5) is 116. The zero-order chi connectivity index (χ0) is 51.5. The number of aromatic amines is 1. The van der Waals surface area contributed by atoms with E-state index in [4.69, 9.17) is 0 Å². The zero-order valence-electron chi connectivity index (χ0n) is 40.6. The highest BCUT2D eigenvalue weighted by Crippen LogP contribution is 2.15. The number of rotatable bonds is 27. The lowest BCUT2D eigenvalue weighted by molar-refractivity contribution is -0.143. The second-order valence-corrected chi connectivity index (χ2v) is 18.9. The van der Waals surface area contributed by atoms with Crippen LogP contribution in [0, 0.1) is 17.8 Å². The normalized spacial score (nSPS) is 16.5. The number of hydrogen-bond donors (Lipinski definition) is 12. The van der Waals surface area contributed by atoms with E-state index in [0.717, 1.165) is 12.0 Å². The summed E-state index contributed by atoms with van der Waals surface area (Å²) in [6, 6.07) is 5.32. The summed E-state index contributed by atoms with van der Waals surface area (Å²) in [6.07, 6.45) is 4.49. The number of phenolic OH excluding ortho intramolecular Hbond substituents is 1. The number of carboxylic acid groups (broad SMARTS) is 1. The van der Waals surface area contributed by atoms with Gasteiger partial charge < -0.3 is 62.8 Å². The Labute approximate surface area is 407 Å². The van der Waals surface area contributed by atoms with Crippen molar-refractivity contribution in [3.05, 3.63) is 83.9 Å². The first-order valence-corrected chi connectivity index (χ1v) is 23.7. The van der Waals surface area contributed by atoms with Gasteiger partial charge in [-0.1, -0.05) is 84.0 Å². The van der Waals surface area contributed by atoms with Crippen molar-refractivity contribution in [3.63, 3.8) is 0 Å². The fraction of sp³-hybridized carbons (Fsp3) is 0.531. The minimum absolute atomic E-state index is 0.0507. The largest absolute Gasteiger partial charge is 0.508 e. The number of aliphatic hydroxyl groups excluding tert-OH is 1. The number of benzene rings is 2. The molecule has 1 fully saturated rings. The Morgan fingerprint density at radius 3 is 1.59 bits per heavy atom. The van der Waals surface area contributed by atoms with E-state index in [2.05, 4.69) is 52.5 Å². The van der Waals surface area contributed by atoms with Crippen LogP contribution in [-0.4, -0.2) is 134 Å². The number of phenols is 1. The number of carboxylic acids is 1. The van der Waals surface area contributed by atoms with Crippen molar-refractivity contribution in [2.75, 3.05) is 13.2 Å². The number of nitrogens with one attached hydrogen (secondary N) is 9. The molecule has 1 aliphatic rings. The van der Waals surface area contributed by atoms with E-state index in [1.165, 1.54) is 36.8 Å². The van der Waals surface area contributed by atoms with Gasteiger partial charge in [0.25, 0.3) is 0 Å². The van der Waals surface area contributed by atoms with Crippen molar-refractivity contribution in [3.8, 4) is 5.75 Å². The molecule has 21 heteroatoms. The van der Waals surface area contributed by atoms with Gasteiger partial charge in [-0.25, -0.2) is 9.78 Å². The van der Waals surface area contributed by atoms with Gasteiger partial charge in [-0.05, 0) is 73.2 Å². The molecule has 1 aliphatic heterocycles. The van der Waals surface area contributed by atoms with E-state index in [0.29, 0.717) is 24.2 Å². The standard InChI is InChI=1S/C49H70N10O11/c1-27(2)19-35(53-46(66)39(23-32-24-50-26-52-32)56-44(64)37(21-30-11-8-7-9-12-30)55-42(62)34-13-10-18-51-34)43(63)54-36(20-28(3)4)47(67)59-41(29(5)6)48(68)57-38(22-31-14-16-33(61)17-15-31)45(65)58-40(25-60)49(69)70/h7-9,11-12,14-17,24,26-29,34-41,51,60-61H,10,13,18-23,25H2,1-6H3,(H,50,52)(H,53,66)(H,54,63)(H,55,62)(H,56,64)(H,57,68)(H,58,65)(H,59,67)(H,69,70). The van der Waals surface area contributed by atoms with Crippen LogP contribution in [-0.2, 0) is 57.6 Å². The first-order valence-electron chi connectivity index (χ1n) is 23.7. The van der Waals surface area contributed by atoms with E-state index in [9.17, 15) is 53.7 Å². The second-order valence-electron chi connectivity index (χ2n) is 18.9. The molecule has 8 atom stereocenters. The number of aromatic hydroxyl groups is 1. The van der Waals surface area contributed by atoms with Crippen LogP contribution >= 0.6 is 0 Å². The van der Waals surface area contributed by atoms with Crippen molar-refractivity contribution < 1.29 is 53.7 Å². The molecule has 382 valence electrons. The van der Waals surface area contributed by atoms with E-state index in [1.54, 1.807) is 13.8 Å². The Morgan fingerprint density at radius 1 is 0.614 bits per heavy atom. The molecule has 4 rings (SSSR count). The van der Waals surface area contributed by atoms with E-state index >= 15 is 0 Å². The number of aromatic nitrogens is 2. The molecular formula is C49H70N10O11. The third-order valence-electron chi connectivity index (χ3n) is 11.6. The summed E-state index contributed by atoms with van der Waals surface area (Å²) in [5.74, 6) is -7.29. The highest BCUT2D eigenvalue weighted by atomic mass is 16.4. The van der Waals surface area contributed by atoms with Gasteiger partial charge in [0.05, 0.1) is 19.0 Å². The van der Waals surface area contributed by atoms with Crippen molar-refractivity contribution in [1.82, 2.24) is 52.5 Å². The number of carbonyl (C=O) groups is 8. The number of imidazole rings is 1. The van der Waals surface area contributed by atoms with E-state index < -0.39 is 102 Å². The Kier molecular flexibility index (Phi) is 21.8. The fourth-order valence-electron chi connectivity index (χ4n) is 7.87. The summed E-state index contributed by atoms with van der Waals surface area (Å²) in [5, 5.41) is 50.7. The molecule has 70 heavy (non-hydrogen) atoms. The summed E-state index contributed by atoms with van der Waals surface area (Å²) < 4.78 is 0. The fourth-order valence-corrected chi connectivity index (χ4v) is 7.87. The smallest absolute Gasteiger partial charge is 0.328 e. The molecule has 12 N–H and O–H groups in total. The van der Waals surface area contributed by atoms with Crippen LogP contribution in [0.1, 0.15) is 84.0 Å². The van der Waals surface area contributed by atoms with Gasteiger partial charge in [-0.2, -0.15) is 0 Å². The van der Waals surface area contributed by atoms with Crippen molar-refractivity contribution in [2.24, 2.45) is 17.8 Å². The van der Waals surface area contributed by atoms with Crippen LogP contribution in [0.5, 0.6) is 5.75 Å². The highest BCUT2D eigenvalue weighted by Gasteiger charge is 2.36. The summed E-state index contributed by atoms with van der Waals surface area (Å²) in [7, 11) is 0. The van der Waals surface area contributed by atoms with Crippen LogP contribution in [0.3, 0.4) is 0 Å². The van der Waals surface area contributed by atoms with Crippen molar-refractivity contribution in [1.29, 1.82) is 0 Å². The maximum Gasteiger partial charge on any atom is 0.328 e. The molecular weight excluding hydrogens is 905 g/mol. The molecule has 1 saturated heterocycles. The third kappa shape index (κ3) is 17.9. The van der Waals surface area contributed by atoms with Gasteiger partial charge >= 0.3 is 5.97 Å². The second kappa shape index (κ2) is 27.4. The molecule has 8 unspecified atom stereocenters. The average molecular weight is 975 g/mol. The quantitative estimate of drug-likeness (QED) is 0.0484. The van der Waals surface area contributed by atoms with Crippen LogP contribution in [0.25, 0.3) is 0 Å². The lowest BCUT2D eigenvalue weighted by Gasteiger charge is -2.30. The van der Waals surface area contributed by atoms with Crippen molar-refractivity contribution >= 4 is 47.3 Å². The van der Waals surface area contributed by atoms with Gasteiger partial charge in [0.15, 0.2) is 0 Å². The highest BCUT2D eigenvalue weighted by molar-refractivity contribution is 5.98. The minimum atomic E-state index is -1.67. The number of hydrogen-bond acceptors (Lipinski definition) is 12. The third-order valence-corrected chi connectivity index (χ3v) is 11.6. The molecule has 21 nitrogen and oxygen atoms in total. The maximum atomic E-state index is 14.3. The van der Waals surface area contributed by atoms with Gasteiger partial charge in [0.1, 0.15) is 48.0 Å². The summed E-state index contributed by atoms with van der Waals surface area (Å²) in [6.45, 7) is 10.4. The Balaban J connectivity index is 1.54. The lowest BCUT2D eigenvalue weighted by Crippen LogP contribution is -2.61. The SMILES string of the molecule is CC(C)CC(NC(=O)C(Cc1cnc[nH]1)NC(=O)C(Cc1ccccc1)NC(=O)C1CCCN1)C(=O)NC(CC(C)C)C(=O)NC(C(=O)NC(Cc1ccc(O)cc1)C(=O)NC(CO)C(=O)O)C(C)C. The Morgan fingerprint density at radius 2 is 1.10 bits per heavy atom. The topological polar surface area (TPSA) is 322 Å². The summed E-state index contributed by atoms with van der Waals surface area (Å²) >= 11 is 0. The molecule has 2 aromatic carbocycles. The molecule has 7 amide bonds. The lowest BCUT2D eigenvalue weighted by atomic mass is 9.97. The van der Waals surface area contributed by atoms with E-state index in [-0.39, 0.29) is 55.6 Å². The van der Waals surface area contributed by atoms with Crippen LogP contribution in [0.4, 0.5) is 0 Å². The number of H-pyrrole nitrogens is 1. The first-order chi connectivity index (χ1) is 33.2. The van der Waals surface area contributed by atoms with Gasteiger partial charge in [-0.15, -0.1) is 0 Å². The molecule has 0 spiro atoms. The molecule has 1 aromatic heterocycles. The van der Waals surface area contributed by atoms with Crippen molar-refractivity contribution in [2.45, 2.75) is 135 Å². The molecule has 0 saturated carbocycles. The average Bonchev–Trinajstić information content (AvgIpc) is 4.05. The van der Waals surface area contributed by atoms with Crippen LogP contribution in [0.15, 0.2) is 67.1 Å². The van der Waals surface area contributed by atoms with Crippen LogP contribution in [0.2, 0.25) is 0 Å². The molecule has 3 aromatic rings. The number of aliphatic hydroxyl groups is 1. The summed E-state index contributed by atoms with van der Waals surface area (Å²) in [5.41, 5.74) is 1.77. The number of nitrogens with zero attached hydrogens (tertiary/aromatic N) is 1. The van der Waals surface area contributed by atoms with Gasteiger partial charge in [0.2, 0.25) is 41.4 Å². The van der Waals surface area contributed by atoms with Crippen LogP contribution < -0.4 is 42.5 Å². The molecule has 2 heterocycles. The molecule has 0 bridgehead atoms. The number of amides is 7. The minimum Gasteiger partial charge on any atom is -0.508 e. The Bertz CT molecular complexity index is 2200. The van der Waals surface area contributed by atoms with Gasteiger partial charge in [-0.3, -0.25) is 33.6 Å². The Hall–Kier alpha value is -6.87. The van der Waals surface area contributed by atoms with E-state index in [1.807, 2.05) is 58.0 Å². The zero-order valence-corrected chi connectivity index (χ0v) is 40.6. The number of aliphatic carboxylic acids is 1.